The first kappa shape index (κ1) is 13.8. The Morgan fingerprint density at radius 3 is 2.57 bits per heavy atom. The number of amides is 1. The Morgan fingerprint density at radius 1 is 1.19 bits per heavy atom. The number of nitrogens with one attached hydrogen (secondary N) is 2. The summed E-state index contributed by atoms with van der Waals surface area (Å²) in [4.78, 5) is 11.8. The molecule has 0 aliphatic carbocycles. The average Bonchev–Trinajstić information content (AvgIpc) is 2.74. The number of rotatable bonds is 1. The summed E-state index contributed by atoms with van der Waals surface area (Å²) >= 11 is 0. The summed E-state index contributed by atoms with van der Waals surface area (Å²) in [5, 5.41) is 5.77. The van der Waals surface area contributed by atoms with Gasteiger partial charge in [0.25, 0.3) is 5.91 Å². The lowest BCUT2D eigenvalue weighted by Crippen LogP contribution is -2.47. The Balaban J connectivity index is 2.17. The van der Waals surface area contributed by atoms with Gasteiger partial charge in [-0.05, 0) is 17.7 Å². The first-order chi connectivity index (χ1) is 9.73. The van der Waals surface area contributed by atoms with Crippen molar-refractivity contribution in [3.63, 3.8) is 0 Å². The first-order valence-electron chi connectivity index (χ1n) is 5.93. The largest absolute Gasteiger partial charge is 0.459 e. The molecule has 0 radical (unpaired) electrons. The fourth-order valence-corrected chi connectivity index (χ4v) is 2.52. The van der Waals surface area contributed by atoms with Gasteiger partial charge in [0, 0.05) is 17.8 Å². The number of hydrogen-bond acceptors (Lipinski definition) is 3. The Kier molecular flexibility index (Phi) is 2.72. The second-order valence-corrected chi connectivity index (χ2v) is 4.71. The highest BCUT2D eigenvalue weighted by Gasteiger charge is 2.63. The number of halogens is 5. The molecular weight excluding hydrogens is 297 g/mol. The van der Waals surface area contributed by atoms with Crippen molar-refractivity contribution in [2.45, 2.75) is 18.0 Å². The summed E-state index contributed by atoms with van der Waals surface area (Å²) in [6.45, 7) is -0.175. The molecule has 2 N–H and O–H groups in total. The monoisotopic (exact) mass is 305 g/mol. The van der Waals surface area contributed by atoms with Gasteiger partial charge in [-0.2, -0.15) is 27.1 Å². The van der Waals surface area contributed by atoms with Crippen LogP contribution in [0.15, 0.2) is 23.3 Å². The number of hydrogen-bond donors (Lipinski definition) is 2. The maximum Gasteiger partial charge on any atom is 0.459 e. The van der Waals surface area contributed by atoms with Crippen LogP contribution in [-0.4, -0.2) is 30.3 Å². The van der Waals surface area contributed by atoms with Crippen LogP contribution in [0.4, 0.5) is 27.6 Å². The van der Waals surface area contributed by atoms with Crippen molar-refractivity contribution in [1.29, 1.82) is 0 Å². The molecule has 2 heterocycles. The lowest BCUT2D eigenvalue weighted by Gasteiger charge is -2.24. The van der Waals surface area contributed by atoms with Crippen LogP contribution >= 0.6 is 0 Å². The molecule has 0 saturated heterocycles. The van der Waals surface area contributed by atoms with E-state index < -0.39 is 29.6 Å². The lowest BCUT2D eigenvalue weighted by atomic mass is 9.89. The molecule has 21 heavy (non-hydrogen) atoms. The number of anilines is 1. The Hall–Kier alpha value is -2.19. The number of benzene rings is 1. The van der Waals surface area contributed by atoms with Gasteiger partial charge in [0.05, 0.1) is 5.92 Å². The summed E-state index contributed by atoms with van der Waals surface area (Å²) in [5.74, 6) is -7.24. The van der Waals surface area contributed by atoms with Gasteiger partial charge in [-0.3, -0.25) is 4.79 Å². The van der Waals surface area contributed by atoms with Crippen LogP contribution in [0.25, 0.3) is 0 Å². The standard InChI is InChI=1S/C12H8F5N3O/c13-11(14,12(15,16)17)9-6-4-18-7-3-1-2-5(8(6)7)10(21)20-19-9/h1-3,6,18H,4H2,(H,20,21). The van der Waals surface area contributed by atoms with E-state index in [9.17, 15) is 26.7 Å². The maximum atomic E-state index is 13.6. The van der Waals surface area contributed by atoms with Gasteiger partial charge < -0.3 is 5.32 Å². The van der Waals surface area contributed by atoms with Crippen LogP contribution in [0, 0.1) is 0 Å². The predicted molar refractivity (Wildman–Crippen MR) is 63.6 cm³/mol. The summed E-state index contributed by atoms with van der Waals surface area (Å²) in [6.07, 6.45) is -5.78. The lowest BCUT2D eigenvalue weighted by molar-refractivity contribution is -0.250. The van der Waals surface area contributed by atoms with Crippen LogP contribution in [0.2, 0.25) is 0 Å². The van der Waals surface area contributed by atoms with Crippen molar-refractivity contribution in [3.05, 3.63) is 29.3 Å². The van der Waals surface area contributed by atoms with Crippen molar-refractivity contribution in [2.24, 2.45) is 5.10 Å². The molecule has 0 fully saturated rings. The Labute approximate surface area is 115 Å². The van der Waals surface area contributed by atoms with Gasteiger partial charge in [0.2, 0.25) is 0 Å². The van der Waals surface area contributed by atoms with Crippen molar-refractivity contribution in [3.8, 4) is 0 Å². The molecule has 0 aromatic heterocycles. The zero-order valence-corrected chi connectivity index (χ0v) is 10.3. The second-order valence-electron chi connectivity index (χ2n) is 4.71. The van der Waals surface area contributed by atoms with Gasteiger partial charge in [-0.1, -0.05) is 6.07 Å². The van der Waals surface area contributed by atoms with E-state index >= 15 is 0 Å². The van der Waals surface area contributed by atoms with E-state index in [0.717, 1.165) is 0 Å². The highest BCUT2D eigenvalue weighted by molar-refractivity contribution is 6.08. The number of nitrogens with zero attached hydrogens (tertiary/aromatic N) is 1. The quantitative estimate of drug-likeness (QED) is 0.783. The molecule has 112 valence electrons. The van der Waals surface area contributed by atoms with E-state index in [1.807, 2.05) is 0 Å². The number of alkyl halides is 5. The van der Waals surface area contributed by atoms with Crippen LogP contribution in [0.1, 0.15) is 21.8 Å². The molecular formula is C12H8F5N3O. The second kappa shape index (κ2) is 4.15. The molecule has 3 rings (SSSR count). The van der Waals surface area contributed by atoms with Crippen LogP contribution in [-0.2, 0) is 0 Å². The predicted octanol–water partition coefficient (Wildman–Crippen LogP) is 2.49. The Morgan fingerprint density at radius 2 is 1.90 bits per heavy atom. The molecule has 1 atom stereocenters. The van der Waals surface area contributed by atoms with E-state index in [0.29, 0.717) is 5.69 Å². The van der Waals surface area contributed by atoms with Gasteiger partial charge in [-0.15, -0.1) is 0 Å². The molecule has 0 saturated carbocycles. The van der Waals surface area contributed by atoms with Crippen LogP contribution in [0.5, 0.6) is 0 Å². The zero-order valence-electron chi connectivity index (χ0n) is 10.3. The third kappa shape index (κ3) is 1.87. The van der Waals surface area contributed by atoms with E-state index in [1.165, 1.54) is 18.2 Å². The van der Waals surface area contributed by atoms with Crippen molar-refractivity contribution in [1.82, 2.24) is 5.43 Å². The van der Waals surface area contributed by atoms with Crippen molar-refractivity contribution in [2.75, 3.05) is 11.9 Å². The molecule has 9 heteroatoms. The topological polar surface area (TPSA) is 53.5 Å². The molecule has 2 aliphatic rings. The van der Waals surface area contributed by atoms with Crippen molar-refractivity contribution >= 4 is 17.3 Å². The summed E-state index contributed by atoms with van der Waals surface area (Å²) in [7, 11) is 0. The first-order valence-corrected chi connectivity index (χ1v) is 5.93. The van der Waals surface area contributed by atoms with Crippen molar-refractivity contribution < 1.29 is 26.7 Å². The number of hydrazone groups is 1. The fourth-order valence-electron chi connectivity index (χ4n) is 2.52. The molecule has 1 aromatic carbocycles. The molecule has 1 amide bonds. The highest BCUT2D eigenvalue weighted by Crippen LogP contribution is 2.45. The number of carbonyl (C=O) groups is 1. The van der Waals surface area contributed by atoms with Gasteiger partial charge >= 0.3 is 12.1 Å². The van der Waals surface area contributed by atoms with Gasteiger partial charge in [0.15, 0.2) is 0 Å². The SMILES string of the molecule is O=C1NN=C(C(F)(F)C(F)(F)F)C2CNc3cccc1c32. The zero-order chi connectivity index (χ0) is 15.4. The van der Waals surface area contributed by atoms with Gasteiger partial charge in [0.1, 0.15) is 5.71 Å². The minimum Gasteiger partial charge on any atom is -0.384 e. The molecule has 1 aromatic rings. The molecule has 4 nitrogen and oxygen atoms in total. The third-order valence-corrected chi connectivity index (χ3v) is 3.48. The minimum absolute atomic E-state index is 0.0409. The smallest absolute Gasteiger partial charge is 0.384 e. The van der Waals surface area contributed by atoms with Crippen LogP contribution < -0.4 is 10.7 Å². The minimum atomic E-state index is -5.78. The maximum absolute atomic E-state index is 13.6. The molecule has 0 bridgehead atoms. The van der Waals surface area contributed by atoms with E-state index in [4.69, 9.17) is 0 Å². The normalized spacial score (nSPS) is 21.1. The third-order valence-electron chi connectivity index (χ3n) is 3.48. The molecule has 2 aliphatic heterocycles. The van der Waals surface area contributed by atoms with E-state index in [-0.39, 0.29) is 17.7 Å². The van der Waals surface area contributed by atoms with Crippen LogP contribution in [0.3, 0.4) is 0 Å². The summed E-state index contributed by atoms with van der Waals surface area (Å²) in [5.41, 5.74) is 0.881. The van der Waals surface area contributed by atoms with Gasteiger partial charge in [-0.25, -0.2) is 5.43 Å². The Bertz CT molecular complexity index is 653. The summed E-state index contributed by atoms with van der Waals surface area (Å²) < 4.78 is 65.0. The summed E-state index contributed by atoms with van der Waals surface area (Å²) in [6, 6.07) is 4.38. The molecule has 0 spiro atoms. The van der Waals surface area contributed by atoms with E-state index in [1.54, 1.807) is 5.43 Å². The highest BCUT2D eigenvalue weighted by atomic mass is 19.4. The average molecular weight is 305 g/mol. The number of carbonyl (C=O) groups excluding carboxylic acids is 1. The molecule has 1 unspecified atom stereocenters. The fraction of sp³-hybridized carbons (Fsp3) is 0.333. The van der Waals surface area contributed by atoms with E-state index in [2.05, 4.69) is 10.4 Å².